The van der Waals surface area contributed by atoms with Gasteiger partial charge >= 0.3 is 0 Å². The predicted octanol–water partition coefficient (Wildman–Crippen LogP) is 3.37. The highest BCUT2D eigenvalue weighted by molar-refractivity contribution is 14.1. The van der Waals surface area contributed by atoms with Crippen molar-refractivity contribution in [3.63, 3.8) is 0 Å². The van der Waals surface area contributed by atoms with Crippen LogP contribution in [0.5, 0.6) is 0 Å². The Balaban J connectivity index is 2.93. The van der Waals surface area contributed by atoms with Gasteiger partial charge in [0, 0.05) is 0 Å². The lowest BCUT2D eigenvalue weighted by atomic mass is 10.1. The summed E-state index contributed by atoms with van der Waals surface area (Å²) < 4.78 is 2.08. The van der Waals surface area contributed by atoms with Gasteiger partial charge in [-0.25, -0.2) is 0 Å². The molecule has 0 atom stereocenters. The van der Waals surface area contributed by atoms with Crippen molar-refractivity contribution in [1.82, 2.24) is 0 Å². The molecule has 0 aromatic heterocycles. The van der Waals surface area contributed by atoms with Gasteiger partial charge in [0.2, 0.25) is 0 Å². The number of allylic oxidation sites excluding steroid dienone is 1. The van der Waals surface area contributed by atoms with Gasteiger partial charge in [-0.15, -0.1) is 0 Å². The van der Waals surface area contributed by atoms with Crippen molar-refractivity contribution >= 4 is 22.6 Å². The second-order valence-corrected chi connectivity index (χ2v) is 3.05. The van der Waals surface area contributed by atoms with Crippen molar-refractivity contribution in [2.75, 3.05) is 0 Å². The molecule has 0 aromatic rings. The van der Waals surface area contributed by atoms with E-state index < -0.39 is 0 Å². The second kappa shape index (κ2) is 5.60. The fourth-order valence-corrected chi connectivity index (χ4v) is 0.852. The molecular formula is C7H13I. The van der Waals surface area contributed by atoms with E-state index >= 15 is 0 Å². The molecule has 0 rings (SSSR count). The van der Waals surface area contributed by atoms with Crippen LogP contribution in [0.15, 0.2) is 10.2 Å². The normalized spacial score (nSPS) is 11.5. The molecule has 0 heterocycles. The Kier molecular flexibility index (Phi) is 5.93. The Labute approximate surface area is 65.5 Å². The first-order valence-electron chi connectivity index (χ1n) is 3.02. The first kappa shape index (κ1) is 8.47. The molecule has 0 fully saturated rings. The van der Waals surface area contributed by atoms with E-state index in [0.717, 1.165) is 5.92 Å². The Morgan fingerprint density at radius 1 is 1.50 bits per heavy atom. The zero-order valence-corrected chi connectivity index (χ0v) is 7.68. The fraction of sp³-hybridized carbons (Fsp3) is 0.714. The summed E-state index contributed by atoms with van der Waals surface area (Å²) in [4.78, 5) is 0. The summed E-state index contributed by atoms with van der Waals surface area (Å²) >= 11 is 2.25. The Morgan fingerprint density at radius 2 is 2.12 bits per heavy atom. The lowest BCUT2D eigenvalue weighted by Gasteiger charge is -1.97. The third kappa shape index (κ3) is 6.47. The summed E-state index contributed by atoms with van der Waals surface area (Å²) in [6, 6.07) is 0. The molecule has 0 saturated heterocycles. The molecule has 48 valence electrons. The van der Waals surface area contributed by atoms with Gasteiger partial charge in [-0.3, -0.25) is 0 Å². The fourth-order valence-electron chi connectivity index (χ4n) is 0.493. The zero-order valence-electron chi connectivity index (χ0n) is 5.52. The molecule has 0 N–H and O–H groups in total. The third-order valence-corrected chi connectivity index (χ3v) is 1.51. The first-order valence-corrected chi connectivity index (χ1v) is 4.27. The van der Waals surface area contributed by atoms with Crippen LogP contribution >= 0.6 is 22.6 Å². The average molecular weight is 224 g/mol. The van der Waals surface area contributed by atoms with Crippen LogP contribution in [0.1, 0.15) is 26.7 Å². The highest BCUT2D eigenvalue weighted by Crippen LogP contribution is 2.04. The van der Waals surface area contributed by atoms with Crippen LogP contribution in [0.3, 0.4) is 0 Å². The van der Waals surface area contributed by atoms with E-state index in [-0.39, 0.29) is 0 Å². The van der Waals surface area contributed by atoms with Gasteiger partial charge in [0.15, 0.2) is 0 Å². The van der Waals surface area contributed by atoms with E-state index in [2.05, 4.69) is 46.6 Å². The maximum Gasteiger partial charge on any atom is -0.0274 e. The molecule has 1 heteroatoms. The van der Waals surface area contributed by atoms with E-state index in [1.165, 1.54) is 12.8 Å². The van der Waals surface area contributed by atoms with Gasteiger partial charge in [0.1, 0.15) is 0 Å². The van der Waals surface area contributed by atoms with Crippen molar-refractivity contribution in [3.8, 4) is 0 Å². The second-order valence-electron chi connectivity index (χ2n) is 2.33. The standard InChI is InChI=1S/C7H13I/c1-7(2)5-3-4-6-8/h4,6-7H,3,5H2,1-2H3. The van der Waals surface area contributed by atoms with Gasteiger partial charge < -0.3 is 0 Å². The first-order chi connectivity index (χ1) is 3.77. The van der Waals surface area contributed by atoms with E-state index in [1.807, 2.05) is 0 Å². The topological polar surface area (TPSA) is 0 Å². The van der Waals surface area contributed by atoms with E-state index in [9.17, 15) is 0 Å². The van der Waals surface area contributed by atoms with Gasteiger partial charge in [0.25, 0.3) is 0 Å². The highest BCUT2D eigenvalue weighted by Gasteiger charge is 1.87. The van der Waals surface area contributed by atoms with Gasteiger partial charge in [-0.2, -0.15) is 0 Å². The van der Waals surface area contributed by atoms with Crippen LogP contribution in [-0.2, 0) is 0 Å². The molecule has 0 aliphatic rings. The van der Waals surface area contributed by atoms with Gasteiger partial charge in [-0.05, 0) is 22.8 Å². The quantitative estimate of drug-likeness (QED) is 0.644. The predicted molar refractivity (Wildman–Crippen MR) is 47.2 cm³/mol. The lowest BCUT2D eigenvalue weighted by Crippen LogP contribution is -1.82. The average Bonchev–Trinajstić information content (AvgIpc) is 1.66. The molecule has 0 aromatic carbocycles. The smallest absolute Gasteiger partial charge is 0.0274 e. The van der Waals surface area contributed by atoms with E-state index in [0.29, 0.717) is 0 Å². The van der Waals surface area contributed by atoms with Crippen LogP contribution in [0.4, 0.5) is 0 Å². The molecule has 0 unspecified atom stereocenters. The minimum atomic E-state index is 0.850. The Hall–Kier alpha value is 0.470. The molecule has 0 aliphatic carbocycles. The molecule has 0 radical (unpaired) electrons. The molecule has 0 bridgehead atoms. The number of hydrogen-bond acceptors (Lipinski definition) is 0. The summed E-state index contributed by atoms with van der Waals surface area (Å²) in [5.41, 5.74) is 0. The van der Waals surface area contributed by atoms with Crippen LogP contribution < -0.4 is 0 Å². The minimum absolute atomic E-state index is 0.850. The minimum Gasteiger partial charge on any atom is -0.0784 e. The number of rotatable bonds is 3. The largest absolute Gasteiger partial charge is 0.0784 e. The van der Waals surface area contributed by atoms with Crippen LogP contribution in [0.2, 0.25) is 0 Å². The van der Waals surface area contributed by atoms with Crippen LogP contribution in [0.25, 0.3) is 0 Å². The van der Waals surface area contributed by atoms with Crippen molar-refractivity contribution in [3.05, 3.63) is 10.2 Å². The third-order valence-electron chi connectivity index (χ3n) is 1.000. The Morgan fingerprint density at radius 3 is 2.50 bits per heavy atom. The van der Waals surface area contributed by atoms with Crippen molar-refractivity contribution in [1.29, 1.82) is 0 Å². The highest BCUT2D eigenvalue weighted by atomic mass is 127. The molecule has 0 nitrogen and oxygen atoms in total. The van der Waals surface area contributed by atoms with Crippen LogP contribution in [0, 0.1) is 5.92 Å². The Bertz CT molecular complexity index is 64.8. The van der Waals surface area contributed by atoms with E-state index in [1.54, 1.807) is 0 Å². The molecule has 0 aliphatic heterocycles. The monoisotopic (exact) mass is 224 g/mol. The van der Waals surface area contributed by atoms with Gasteiger partial charge in [0.05, 0.1) is 0 Å². The molecule has 0 saturated carbocycles. The van der Waals surface area contributed by atoms with Crippen molar-refractivity contribution in [2.24, 2.45) is 5.92 Å². The van der Waals surface area contributed by atoms with Crippen molar-refractivity contribution < 1.29 is 0 Å². The van der Waals surface area contributed by atoms with E-state index in [4.69, 9.17) is 0 Å². The van der Waals surface area contributed by atoms with Gasteiger partial charge in [-0.1, -0.05) is 42.5 Å². The van der Waals surface area contributed by atoms with Crippen molar-refractivity contribution in [2.45, 2.75) is 26.7 Å². The summed E-state index contributed by atoms with van der Waals surface area (Å²) in [7, 11) is 0. The number of hydrogen-bond donors (Lipinski definition) is 0. The summed E-state index contributed by atoms with van der Waals surface area (Å²) in [6.45, 7) is 4.50. The molecule has 0 amide bonds. The SMILES string of the molecule is CC(C)CCC=CI. The molecule has 0 spiro atoms. The molecular weight excluding hydrogens is 211 g/mol. The summed E-state index contributed by atoms with van der Waals surface area (Å²) in [5, 5.41) is 0. The summed E-state index contributed by atoms with van der Waals surface area (Å²) in [5.74, 6) is 0.850. The molecule has 8 heavy (non-hydrogen) atoms. The maximum absolute atomic E-state index is 2.25. The number of halogens is 1. The van der Waals surface area contributed by atoms with Crippen LogP contribution in [-0.4, -0.2) is 0 Å². The maximum atomic E-state index is 2.25. The summed E-state index contributed by atoms with van der Waals surface area (Å²) in [6.07, 6.45) is 4.76. The lowest BCUT2D eigenvalue weighted by molar-refractivity contribution is 0.594. The zero-order chi connectivity index (χ0) is 6.41.